The zero-order valence-electron chi connectivity index (χ0n) is 22.2. The summed E-state index contributed by atoms with van der Waals surface area (Å²) in [4.78, 5) is 19.2. The van der Waals surface area contributed by atoms with Crippen molar-refractivity contribution in [3.8, 4) is 5.69 Å². The second-order valence-electron chi connectivity index (χ2n) is 9.80. The van der Waals surface area contributed by atoms with Gasteiger partial charge in [0.1, 0.15) is 5.82 Å². The fourth-order valence-corrected chi connectivity index (χ4v) is 5.66. The highest BCUT2D eigenvalue weighted by atomic mass is 32.1. The van der Waals surface area contributed by atoms with E-state index in [9.17, 15) is 22.4 Å². The second kappa shape index (κ2) is 11.3. The molecule has 1 amide bonds. The van der Waals surface area contributed by atoms with Gasteiger partial charge in [-0.05, 0) is 86.2 Å². The number of carbonyl (C=O) groups excluding carboxylic acids is 1. The first-order valence-electron chi connectivity index (χ1n) is 12.9. The van der Waals surface area contributed by atoms with Crippen LogP contribution in [0.25, 0.3) is 5.69 Å². The molecule has 1 aliphatic rings. The normalized spacial score (nSPS) is 17.0. The predicted octanol–water partition coefficient (Wildman–Crippen LogP) is 6.65. The third-order valence-electron chi connectivity index (χ3n) is 7.14. The molecule has 2 N–H and O–H groups in total. The Morgan fingerprint density at radius 1 is 1.05 bits per heavy atom. The van der Waals surface area contributed by atoms with Crippen molar-refractivity contribution in [3.05, 3.63) is 113 Å². The molecular formula is C30H27F4N5OS. The van der Waals surface area contributed by atoms with Crippen LogP contribution in [0.15, 0.2) is 79.0 Å². The highest BCUT2D eigenvalue weighted by Crippen LogP contribution is 2.42. The van der Waals surface area contributed by atoms with Crippen molar-refractivity contribution in [2.45, 2.75) is 38.5 Å². The number of para-hydroxylation sites is 1. The number of nitrogens with zero attached hydrogens (tertiary/aromatic N) is 3. The highest BCUT2D eigenvalue weighted by Gasteiger charge is 2.42. The van der Waals surface area contributed by atoms with Gasteiger partial charge < -0.3 is 20.1 Å². The van der Waals surface area contributed by atoms with Crippen molar-refractivity contribution >= 4 is 28.9 Å². The van der Waals surface area contributed by atoms with E-state index in [0.29, 0.717) is 27.9 Å². The molecular weight excluding hydrogens is 554 g/mol. The molecule has 2 atom stereocenters. The maximum atomic E-state index is 13.9. The summed E-state index contributed by atoms with van der Waals surface area (Å²) in [6.07, 6.45) is -2.80. The van der Waals surface area contributed by atoms with Crippen LogP contribution in [0.4, 0.5) is 23.2 Å². The number of anilines is 1. The number of hydrogen-bond acceptors (Lipinski definition) is 3. The molecule has 4 aromatic rings. The number of aryl methyl sites for hydroxylation is 1. The van der Waals surface area contributed by atoms with Crippen molar-refractivity contribution in [3.63, 3.8) is 0 Å². The van der Waals surface area contributed by atoms with E-state index in [0.717, 1.165) is 11.6 Å². The van der Waals surface area contributed by atoms with Crippen LogP contribution in [-0.4, -0.2) is 32.0 Å². The topological polar surface area (TPSA) is 62.2 Å². The molecule has 212 valence electrons. The van der Waals surface area contributed by atoms with Gasteiger partial charge in [0.2, 0.25) is 5.91 Å². The van der Waals surface area contributed by atoms with E-state index in [2.05, 4.69) is 15.6 Å². The Morgan fingerprint density at radius 2 is 1.76 bits per heavy atom. The largest absolute Gasteiger partial charge is 0.418 e. The van der Waals surface area contributed by atoms with Crippen LogP contribution < -0.4 is 10.6 Å². The van der Waals surface area contributed by atoms with Crippen LogP contribution in [-0.2, 0) is 11.0 Å². The van der Waals surface area contributed by atoms with Gasteiger partial charge in [0.25, 0.3) is 0 Å². The average Bonchev–Trinajstić information content (AvgIpc) is 3.42. The van der Waals surface area contributed by atoms with Gasteiger partial charge in [0.05, 0.1) is 29.0 Å². The molecule has 41 heavy (non-hydrogen) atoms. The fourth-order valence-electron chi connectivity index (χ4n) is 5.33. The summed E-state index contributed by atoms with van der Waals surface area (Å²) in [7, 11) is 0. The van der Waals surface area contributed by atoms with Gasteiger partial charge >= 0.3 is 6.18 Å². The number of halogens is 4. The minimum atomic E-state index is -4.53. The third-order valence-corrected chi connectivity index (χ3v) is 7.50. The lowest BCUT2D eigenvalue weighted by atomic mass is 9.96. The van der Waals surface area contributed by atoms with E-state index in [1.165, 1.54) is 36.4 Å². The molecule has 3 heterocycles. The lowest BCUT2D eigenvalue weighted by molar-refractivity contribution is -0.137. The zero-order chi connectivity index (χ0) is 29.3. The van der Waals surface area contributed by atoms with Gasteiger partial charge in [-0.3, -0.25) is 9.78 Å². The Kier molecular flexibility index (Phi) is 7.81. The van der Waals surface area contributed by atoms with Crippen LogP contribution in [0.5, 0.6) is 0 Å². The van der Waals surface area contributed by atoms with E-state index in [-0.39, 0.29) is 24.6 Å². The van der Waals surface area contributed by atoms with Gasteiger partial charge in [-0.15, -0.1) is 0 Å². The van der Waals surface area contributed by atoms with Gasteiger partial charge in [-0.1, -0.05) is 18.2 Å². The maximum Gasteiger partial charge on any atom is 0.418 e. The Bertz CT molecular complexity index is 1570. The summed E-state index contributed by atoms with van der Waals surface area (Å²) in [5.41, 5.74) is 2.49. The van der Waals surface area contributed by atoms with Crippen molar-refractivity contribution in [2.75, 3.05) is 11.9 Å². The van der Waals surface area contributed by atoms with Crippen LogP contribution in [0, 0.1) is 19.7 Å². The Balaban J connectivity index is 1.51. The monoisotopic (exact) mass is 581 g/mol. The Hall–Kier alpha value is -4.25. The van der Waals surface area contributed by atoms with Gasteiger partial charge in [-0.2, -0.15) is 13.2 Å². The summed E-state index contributed by atoms with van der Waals surface area (Å²) in [5.74, 6) is -0.695. The molecule has 0 radical (unpaired) electrons. The van der Waals surface area contributed by atoms with Gasteiger partial charge in [0.15, 0.2) is 5.11 Å². The number of aromatic nitrogens is 2. The molecule has 2 aromatic carbocycles. The average molecular weight is 582 g/mol. The number of alkyl halides is 3. The maximum absolute atomic E-state index is 13.9. The van der Waals surface area contributed by atoms with Crippen molar-refractivity contribution in [1.29, 1.82) is 0 Å². The number of benzene rings is 2. The van der Waals surface area contributed by atoms with E-state index >= 15 is 0 Å². The minimum Gasteiger partial charge on any atom is -0.352 e. The first-order valence-corrected chi connectivity index (χ1v) is 13.3. The molecule has 0 aliphatic carbocycles. The number of thiocarbonyl (C=S) groups is 1. The number of nitrogens with one attached hydrogen (secondary N) is 2. The van der Waals surface area contributed by atoms with E-state index in [4.69, 9.17) is 12.2 Å². The molecule has 1 aliphatic heterocycles. The zero-order valence-corrected chi connectivity index (χ0v) is 23.1. The molecule has 6 nitrogen and oxygen atoms in total. The number of rotatable bonds is 7. The third kappa shape index (κ3) is 5.81. The quantitative estimate of drug-likeness (QED) is 0.189. The highest BCUT2D eigenvalue weighted by molar-refractivity contribution is 7.80. The number of carbonyl (C=O) groups is 1. The standard InChI is InChI=1S/C30H27F4N5OS/c1-18-17-22(19(2)39(18)25-9-4-3-7-23(25)30(32,33)34)28-27(24-8-5-6-15-35-24)37-29(41)38(28)16-14-26(40)36-21-12-10-20(31)11-13-21/h3-13,15,17,27-28H,14,16H2,1-2H3,(H,36,40)(H,37,41)/t27-,28-/m0/s1. The van der Waals surface area contributed by atoms with E-state index in [1.54, 1.807) is 36.7 Å². The molecule has 5 rings (SSSR count). The van der Waals surface area contributed by atoms with E-state index in [1.807, 2.05) is 23.1 Å². The summed E-state index contributed by atoms with van der Waals surface area (Å²) in [6, 6.07) is 17.5. The summed E-state index contributed by atoms with van der Waals surface area (Å²) in [5, 5.41) is 6.47. The molecule has 2 aromatic heterocycles. The van der Waals surface area contributed by atoms with Crippen molar-refractivity contribution in [2.24, 2.45) is 0 Å². The Labute approximate surface area is 240 Å². The number of hydrogen-bond donors (Lipinski definition) is 2. The number of pyridine rings is 1. The smallest absolute Gasteiger partial charge is 0.352 e. The molecule has 0 bridgehead atoms. The van der Waals surface area contributed by atoms with Crippen LogP contribution >= 0.6 is 12.2 Å². The predicted molar refractivity (Wildman–Crippen MR) is 152 cm³/mol. The minimum absolute atomic E-state index is 0.0365. The van der Waals surface area contributed by atoms with E-state index < -0.39 is 29.6 Å². The lowest BCUT2D eigenvalue weighted by Crippen LogP contribution is -2.32. The summed E-state index contributed by atoms with van der Waals surface area (Å²) in [6.45, 7) is 3.78. The summed E-state index contributed by atoms with van der Waals surface area (Å²) >= 11 is 5.69. The van der Waals surface area contributed by atoms with Crippen LogP contribution in [0.2, 0.25) is 0 Å². The molecule has 1 fully saturated rings. The lowest BCUT2D eigenvalue weighted by Gasteiger charge is -2.28. The van der Waals surface area contributed by atoms with Crippen LogP contribution in [0.1, 0.15) is 46.7 Å². The van der Waals surface area contributed by atoms with Gasteiger partial charge in [-0.25, -0.2) is 4.39 Å². The van der Waals surface area contributed by atoms with Gasteiger partial charge in [0, 0.05) is 36.2 Å². The summed E-state index contributed by atoms with van der Waals surface area (Å²) < 4.78 is 56.7. The second-order valence-corrected chi connectivity index (χ2v) is 10.2. The molecule has 1 saturated heterocycles. The Morgan fingerprint density at radius 3 is 2.44 bits per heavy atom. The molecule has 0 spiro atoms. The SMILES string of the molecule is Cc1cc([C@H]2[C@H](c3ccccn3)NC(=S)N2CCC(=O)Nc2ccc(F)cc2)c(C)n1-c1ccccc1C(F)(F)F. The molecule has 0 saturated carbocycles. The molecule has 11 heteroatoms. The first-order chi connectivity index (χ1) is 19.5. The van der Waals surface area contributed by atoms with Crippen molar-refractivity contribution < 1.29 is 22.4 Å². The number of amides is 1. The first kappa shape index (κ1) is 28.3. The van der Waals surface area contributed by atoms with Crippen LogP contribution in [0.3, 0.4) is 0 Å². The fraction of sp³-hybridized carbons (Fsp3) is 0.233. The molecule has 0 unspecified atom stereocenters. The van der Waals surface area contributed by atoms with Crippen molar-refractivity contribution in [1.82, 2.24) is 19.8 Å².